The second-order valence-electron chi connectivity index (χ2n) is 16.0. The van der Waals surface area contributed by atoms with Crippen molar-refractivity contribution in [3.8, 4) is 78.7 Å². The highest BCUT2D eigenvalue weighted by molar-refractivity contribution is 6.25. The Kier molecular flexibility index (Phi) is 9.24. The Hall–Kier alpha value is -8.08. The van der Waals surface area contributed by atoms with Gasteiger partial charge >= 0.3 is 0 Å². The van der Waals surface area contributed by atoms with Gasteiger partial charge in [-0.1, -0.05) is 170 Å². The third-order valence-corrected chi connectivity index (χ3v) is 11.8. The second-order valence-corrected chi connectivity index (χ2v) is 16.0. The summed E-state index contributed by atoms with van der Waals surface area (Å²) >= 11 is 0. The van der Waals surface area contributed by atoms with Crippen molar-refractivity contribution in [2.75, 3.05) is 0 Å². The average molecular weight is 793 g/mol. The van der Waals surface area contributed by atoms with Gasteiger partial charge in [0.1, 0.15) is 0 Å². The third kappa shape index (κ3) is 6.98. The van der Waals surface area contributed by atoms with Crippen LogP contribution < -0.4 is 0 Å². The van der Waals surface area contributed by atoms with Gasteiger partial charge in [0, 0.05) is 28.1 Å². The van der Waals surface area contributed by atoms with Crippen LogP contribution in [-0.2, 0) is 0 Å². The van der Waals surface area contributed by atoms with Gasteiger partial charge in [0.2, 0.25) is 0 Å². The largest absolute Gasteiger partial charge is 0.258 e. The molecule has 0 saturated heterocycles. The fourth-order valence-electron chi connectivity index (χ4n) is 8.83. The van der Waals surface area contributed by atoms with E-state index in [2.05, 4.69) is 175 Å². The van der Waals surface area contributed by atoms with Gasteiger partial charge in [-0.3, -0.25) is 4.98 Å². The van der Waals surface area contributed by atoms with E-state index in [0.29, 0.717) is 17.5 Å². The van der Waals surface area contributed by atoms with E-state index in [1.807, 2.05) is 50.2 Å². The second kappa shape index (κ2) is 15.5. The zero-order valence-electron chi connectivity index (χ0n) is 34.4. The molecule has 9 aromatic carbocycles. The molecule has 4 nitrogen and oxygen atoms in total. The van der Waals surface area contributed by atoms with Crippen LogP contribution in [0.3, 0.4) is 0 Å². The molecule has 0 aliphatic rings. The van der Waals surface area contributed by atoms with E-state index in [4.69, 9.17) is 15.0 Å². The first-order chi connectivity index (χ1) is 30.5. The van der Waals surface area contributed by atoms with E-state index in [-0.39, 0.29) is 0 Å². The van der Waals surface area contributed by atoms with Gasteiger partial charge in [-0.25, -0.2) is 15.0 Å². The van der Waals surface area contributed by atoms with Gasteiger partial charge in [-0.05, 0) is 127 Å². The van der Waals surface area contributed by atoms with Crippen LogP contribution in [0.15, 0.2) is 206 Å². The van der Waals surface area contributed by atoms with Gasteiger partial charge in [-0.15, -0.1) is 0 Å². The molecule has 0 atom stereocenters. The molecule has 292 valence electrons. The van der Waals surface area contributed by atoms with Crippen molar-refractivity contribution in [3.05, 3.63) is 218 Å². The van der Waals surface area contributed by atoms with Crippen LogP contribution in [0, 0.1) is 13.8 Å². The van der Waals surface area contributed by atoms with Gasteiger partial charge < -0.3 is 0 Å². The minimum Gasteiger partial charge on any atom is -0.258 e. The van der Waals surface area contributed by atoms with Crippen LogP contribution in [0.1, 0.15) is 11.4 Å². The van der Waals surface area contributed by atoms with Crippen LogP contribution in [0.4, 0.5) is 0 Å². The Morgan fingerprint density at radius 3 is 1.00 bits per heavy atom. The predicted octanol–water partition coefficient (Wildman–Crippen LogP) is 15.0. The zero-order valence-corrected chi connectivity index (χ0v) is 34.4. The molecule has 2 heterocycles. The first-order valence-electron chi connectivity index (χ1n) is 21.0. The minimum absolute atomic E-state index is 0.620. The Morgan fingerprint density at radius 1 is 0.210 bits per heavy atom. The highest BCUT2D eigenvalue weighted by atomic mass is 15.0. The van der Waals surface area contributed by atoms with Gasteiger partial charge in [0.25, 0.3) is 0 Å². The summed E-state index contributed by atoms with van der Waals surface area (Å²) in [5.41, 5.74) is 13.9. The van der Waals surface area contributed by atoms with E-state index in [1.54, 1.807) is 0 Å². The highest BCUT2D eigenvalue weighted by Gasteiger charge is 2.16. The van der Waals surface area contributed by atoms with Crippen LogP contribution in [0.5, 0.6) is 0 Å². The van der Waals surface area contributed by atoms with Crippen LogP contribution >= 0.6 is 0 Å². The normalized spacial score (nSPS) is 11.4. The Balaban J connectivity index is 1.06. The first kappa shape index (κ1) is 37.0. The highest BCUT2D eigenvalue weighted by Crippen LogP contribution is 2.39. The molecule has 0 radical (unpaired) electrons. The van der Waals surface area contributed by atoms with Crippen molar-refractivity contribution in [2.24, 2.45) is 0 Å². The number of benzene rings is 9. The van der Waals surface area contributed by atoms with Crippen molar-refractivity contribution in [3.63, 3.8) is 0 Å². The van der Waals surface area contributed by atoms with Gasteiger partial charge in [0.15, 0.2) is 17.5 Å². The Morgan fingerprint density at radius 2 is 0.532 bits per heavy atom. The lowest BCUT2D eigenvalue weighted by Gasteiger charge is -2.15. The predicted molar refractivity (Wildman–Crippen MR) is 258 cm³/mol. The van der Waals surface area contributed by atoms with Crippen molar-refractivity contribution in [1.29, 1.82) is 0 Å². The zero-order chi connectivity index (χ0) is 41.6. The molecule has 0 aliphatic heterocycles. The Labute approximate surface area is 360 Å². The SMILES string of the molecule is Cc1cc(-c2ccc(-c3ccc(-c4cc(-c5ccc6c7ccccc7c7ccccc7c6c5)cc(-c5nc(-c6ccccc6)nc(-c6ccccc6)n5)c4)cc3)cc2)cc(C)n1. The number of nitrogens with zero attached hydrogens (tertiary/aromatic N) is 4. The number of pyridine rings is 1. The third-order valence-electron chi connectivity index (χ3n) is 11.8. The number of aromatic nitrogens is 4. The first-order valence-corrected chi connectivity index (χ1v) is 21.0. The number of hydrogen-bond acceptors (Lipinski definition) is 4. The standard InChI is InChI=1S/C58H40N4/c1-37-31-46(32-38(2)59-37)41-25-21-39(22-26-41)40-23-27-42(28-24-40)47-33-48(45-29-30-54-52-19-10-9-17-50(52)51-18-11-12-20-53(51)55(54)36-45)35-49(34-47)58-61-56(43-13-5-3-6-14-43)60-57(62-58)44-15-7-4-8-16-44/h3-36H,1-2H3. The fourth-order valence-corrected chi connectivity index (χ4v) is 8.83. The maximum atomic E-state index is 5.16. The summed E-state index contributed by atoms with van der Waals surface area (Å²) in [6.45, 7) is 4.09. The lowest BCUT2D eigenvalue weighted by atomic mass is 9.90. The van der Waals surface area contributed by atoms with Crippen LogP contribution in [0.2, 0.25) is 0 Å². The molecule has 0 unspecified atom stereocenters. The Bertz CT molecular complexity index is 3340. The summed E-state index contributed by atoms with van der Waals surface area (Å²) in [6.07, 6.45) is 0. The molecule has 0 N–H and O–H groups in total. The van der Waals surface area contributed by atoms with Crippen LogP contribution in [0.25, 0.3) is 111 Å². The van der Waals surface area contributed by atoms with Gasteiger partial charge in [-0.2, -0.15) is 0 Å². The fraction of sp³-hybridized carbons (Fsp3) is 0.0345. The number of aryl methyl sites for hydroxylation is 2. The summed E-state index contributed by atoms with van der Waals surface area (Å²) in [5, 5.41) is 7.49. The van der Waals surface area contributed by atoms with Crippen molar-refractivity contribution in [1.82, 2.24) is 19.9 Å². The van der Waals surface area contributed by atoms with Crippen LogP contribution in [-0.4, -0.2) is 19.9 Å². The maximum Gasteiger partial charge on any atom is 0.164 e. The van der Waals surface area contributed by atoms with Crippen molar-refractivity contribution in [2.45, 2.75) is 13.8 Å². The van der Waals surface area contributed by atoms with E-state index in [9.17, 15) is 0 Å². The van der Waals surface area contributed by atoms with E-state index >= 15 is 0 Å². The molecular formula is C58H40N4. The molecule has 0 bridgehead atoms. The summed E-state index contributed by atoms with van der Waals surface area (Å²) in [6, 6.07) is 73.4. The maximum absolute atomic E-state index is 5.16. The van der Waals surface area contributed by atoms with Gasteiger partial charge in [0.05, 0.1) is 0 Å². The number of fused-ring (bicyclic) bond motifs is 6. The number of hydrogen-bond donors (Lipinski definition) is 0. The monoisotopic (exact) mass is 792 g/mol. The molecule has 0 saturated carbocycles. The summed E-state index contributed by atoms with van der Waals surface area (Å²) in [7, 11) is 0. The lowest BCUT2D eigenvalue weighted by Crippen LogP contribution is -2.00. The molecule has 62 heavy (non-hydrogen) atoms. The molecule has 11 rings (SSSR count). The minimum atomic E-state index is 0.620. The summed E-state index contributed by atoms with van der Waals surface area (Å²) in [5.74, 6) is 1.89. The van der Waals surface area contributed by atoms with E-state index in [0.717, 1.165) is 55.9 Å². The smallest absolute Gasteiger partial charge is 0.164 e. The molecule has 4 heteroatoms. The lowest BCUT2D eigenvalue weighted by molar-refractivity contribution is 1.07. The number of rotatable bonds is 7. The summed E-state index contributed by atoms with van der Waals surface area (Å²) in [4.78, 5) is 19.9. The average Bonchev–Trinajstić information content (AvgIpc) is 3.34. The quantitative estimate of drug-likeness (QED) is 0.151. The molecule has 11 aromatic rings. The molecule has 2 aromatic heterocycles. The van der Waals surface area contributed by atoms with Crippen molar-refractivity contribution < 1.29 is 0 Å². The van der Waals surface area contributed by atoms with E-state index in [1.165, 1.54) is 49.0 Å². The molecule has 0 fully saturated rings. The molecule has 0 amide bonds. The topological polar surface area (TPSA) is 51.6 Å². The van der Waals surface area contributed by atoms with E-state index < -0.39 is 0 Å². The molecular weight excluding hydrogens is 753 g/mol. The van der Waals surface area contributed by atoms with Crippen molar-refractivity contribution >= 4 is 32.3 Å². The summed E-state index contributed by atoms with van der Waals surface area (Å²) < 4.78 is 0. The molecule has 0 aliphatic carbocycles. The molecule has 0 spiro atoms.